The van der Waals surface area contributed by atoms with Gasteiger partial charge in [0.1, 0.15) is 0 Å². The summed E-state index contributed by atoms with van der Waals surface area (Å²) in [6.45, 7) is 10.0. The minimum absolute atomic E-state index is 0.0807. The van der Waals surface area contributed by atoms with E-state index in [-0.39, 0.29) is 17.9 Å². The third kappa shape index (κ3) is 4.96. The van der Waals surface area contributed by atoms with Crippen molar-refractivity contribution < 1.29 is 14.7 Å². The van der Waals surface area contributed by atoms with E-state index < -0.39 is 11.9 Å². The Morgan fingerprint density at radius 3 is 2.35 bits per heavy atom. The predicted octanol–water partition coefficient (Wildman–Crippen LogP) is 3.23. The summed E-state index contributed by atoms with van der Waals surface area (Å²) < 4.78 is 0. The van der Waals surface area contributed by atoms with E-state index in [0.717, 1.165) is 9.75 Å². The standard InChI is InChI=1S/C15H23NO3S/c1-9-6-12(10(2)20-9)13(17)16-8-11(14(18)19)7-15(3,4)5/h6,11H,7-8H2,1-5H3,(H,16,17)(H,18,19). The van der Waals surface area contributed by atoms with Gasteiger partial charge in [0.15, 0.2) is 0 Å². The van der Waals surface area contributed by atoms with E-state index in [4.69, 9.17) is 0 Å². The van der Waals surface area contributed by atoms with Gasteiger partial charge >= 0.3 is 5.97 Å². The van der Waals surface area contributed by atoms with Crippen LogP contribution in [0.25, 0.3) is 0 Å². The lowest BCUT2D eigenvalue weighted by molar-refractivity contribution is -0.142. The SMILES string of the molecule is Cc1cc(C(=O)NCC(CC(C)(C)C)C(=O)O)c(C)s1. The molecule has 1 aromatic heterocycles. The van der Waals surface area contributed by atoms with Crippen molar-refractivity contribution >= 4 is 23.2 Å². The van der Waals surface area contributed by atoms with Gasteiger partial charge in [-0.15, -0.1) is 11.3 Å². The second kappa shape index (κ2) is 6.39. The number of carbonyl (C=O) groups excluding carboxylic acids is 1. The number of thiophene rings is 1. The average molecular weight is 297 g/mol. The molecule has 1 unspecified atom stereocenters. The summed E-state index contributed by atoms with van der Waals surface area (Å²) in [6.07, 6.45) is 0.532. The van der Waals surface area contributed by atoms with Gasteiger partial charge < -0.3 is 10.4 Å². The Labute approximate surface area is 124 Å². The highest BCUT2D eigenvalue weighted by atomic mass is 32.1. The van der Waals surface area contributed by atoms with Crippen LogP contribution in [0.4, 0.5) is 0 Å². The van der Waals surface area contributed by atoms with E-state index >= 15 is 0 Å². The Balaban J connectivity index is 2.66. The van der Waals surface area contributed by atoms with Crippen molar-refractivity contribution in [2.75, 3.05) is 6.54 Å². The van der Waals surface area contributed by atoms with Crippen LogP contribution in [0.2, 0.25) is 0 Å². The van der Waals surface area contributed by atoms with Crippen LogP contribution < -0.4 is 5.32 Å². The lowest BCUT2D eigenvalue weighted by atomic mass is 9.84. The molecule has 0 saturated heterocycles. The minimum atomic E-state index is -0.863. The first-order valence-corrected chi connectivity index (χ1v) is 7.50. The number of rotatable bonds is 5. The van der Waals surface area contributed by atoms with Crippen LogP contribution in [0, 0.1) is 25.2 Å². The molecule has 2 N–H and O–H groups in total. The second-order valence-electron chi connectivity index (χ2n) is 6.34. The van der Waals surface area contributed by atoms with Crippen LogP contribution in [-0.4, -0.2) is 23.5 Å². The fourth-order valence-corrected chi connectivity index (χ4v) is 3.07. The van der Waals surface area contributed by atoms with Gasteiger partial charge in [-0.2, -0.15) is 0 Å². The molecule has 0 aliphatic rings. The van der Waals surface area contributed by atoms with Gasteiger partial charge in [0, 0.05) is 16.3 Å². The summed E-state index contributed by atoms with van der Waals surface area (Å²) in [5, 5.41) is 12.0. The molecule has 20 heavy (non-hydrogen) atoms. The number of carboxylic acid groups (broad SMARTS) is 1. The minimum Gasteiger partial charge on any atom is -0.481 e. The Kier molecular flexibility index (Phi) is 5.34. The van der Waals surface area contributed by atoms with Crippen LogP contribution in [0.1, 0.15) is 47.3 Å². The summed E-state index contributed by atoms with van der Waals surface area (Å²) in [7, 11) is 0. The number of carbonyl (C=O) groups is 2. The number of amides is 1. The lowest BCUT2D eigenvalue weighted by Crippen LogP contribution is -2.35. The Bertz CT molecular complexity index is 500. The van der Waals surface area contributed by atoms with Crippen molar-refractivity contribution in [3.8, 4) is 0 Å². The second-order valence-corrected chi connectivity index (χ2v) is 7.80. The normalized spacial score (nSPS) is 13.1. The van der Waals surface area contributed by atoms with Gasteiger partial charge in [-0.1, -0.05) is 20.8 Å². The molecular weight excluding hydrogens is 274 g/mol. The first kappa shape index (κ1) is 16.7. The quantitative estimate of drug-likeness (QED) is 0.877. The van der Waals surface area contributed by atoms with Gasteiger partial charge in [0.05, 0.1) is 11.5 Å². The van der Waals surface area contributed by atoms with Crippen LogP contribution in [-0.2, 0) is 4.79 Å². The highest BCUT2D eigenvalue weighted by Gasteiger charge is 2.25. The van der Waals surface area contributed by atoms with E-state index in [2.05, 4.69) is 5.32 Å². The fraction of sp³-hybridized carbons (Fsp3) is 0.600. The number of aryl methyl sites for hydroxylation is 2. The van der Waals surface area contributed by atoms with E-state index in [1.807, 2.05) is 40.7 Å². The summed E-state index contributed by atoms with van der Waals surface area (Å²) >= 11 is 1.57. The molecule has 1 rings (SSSR count). The molecule has 112 valence electrons. The molecule has 0 saturated carbocycles. The third-order valence-electron chi connectivity index (χ3n) is 3.00. The van der Waals surface area contributed by atoms with Gasteiger partial charge in [-0.3, -0.25) is 9.59 Å². The first-order valence-electron chi connectivity index (χ1n) is 6.68. The van der Waals surface area contributed by atoms with Crippen molar-refractivity contribution in [3.05, 3.63) is 21.4 Å². The molecule has 5 heteroatoms. The van der Waals surface area contributed by atoms with Crippen LogP contribution in [0.15, 0.2) is 6.07 Å². The zero-order valence-electron chi connectivity index (χ0n) is 12.7. The number of carboxylic acids is 1. The Morgan fingerprint density at radius 1 is 1.35 bits per heavy atom. The van der Waals surface area contributed by atoms with E-state index in [1.54, 1.807) is 11.3 Å². The van der Waals surface area contributed by atoms with E-state index in [1.165, 1.54) is 0 Å². The number of hydrogen-bond acceptors (Lipinski definition) is 3. The van der Waals surface area contributed by atoms with Crippen molar-refractivity contribution in [2.24, 2.45) is 11.3 Å². The lowest BCUT2D eigenvalue weighted by Gasteiger charge is -2.23. The van der Waals surface area contributed by atoms with E-state index in [9.17, 15) is 14.7 Å². The highest BCUT2D eigenvalue weighted by Crippen LogP contribution is 2.25. The molecule has 1 atom stereocenters. The van der Waals surface area contributed by atoms with Gasteiger partial charge in [-0.25, -0.2) is 0 Å². The number of aliphatic carboxylic acids is 1. The molecular formula is C15H23NO3S. The summed E-state index contributed by atoms with van der Waals surface area (Å²) in [5.41, 5.74) is 0.565. The van der Waals surface area contributed by atoms with Crippen LogP contribution in [0.5, 0.6) is 0 Å². The average Bonchev–Trinajstić information content (AvgIpc) is 2.61. The molecule has 0 spiro atoms. The molecule has 0 aliphatic carbocycles. The first-order chi connectivity index (χ1) is 9.10. The Morgan fingerprint density at radius 2 is 1.95 bits per heavy atom. The van der Waals surface area contributed by atoms with Gasteiger partial charge in [0.25, 0.3) is 5.91 Å². The molecule has 0 bridgehead atoms. The molecule has 0 fully saturated rings. The van der Waals surface area contributed by atoms with Crippen molar-refractivity contribution in [3.63, 3.8) is 0 Å². The molecule has 4 nitrogen and oxygen atoms in total. The van der Waals surface area contributed by atoms with Crippen molar-refractivity contribution in [2.45, 2.75) is 41.0 Å². The summed E-state index contributed by atoms with van der Waals surface area (Å²) in [5.74, 6) is -1.61. The van der Waals surface area contributed by atoms with Gasteiger partial charge in [0.2, 0.25) is 0 Å². The number of nitrogens with one attached hydrogen (secondary N) is 1. The third-order valence-corrected chi connectivity index (χ3v) is 3.97. The predicted molar refractivity (Wildman–Crippen MR) is 81.3 cm³/mol. The van der Waals surface area contributed by atoms with E-state index in [0.29, 0.717) is 12.0 Å². The molecule has 1 aromatic rings. The molecule has 0 aliphatic heterocycles. The topological polar surface area (TPSA) is 66.4 Å². The zero-order chi connectivity index (χ0) is 15.5. The summed E-state index contributed by atoms with van der Waals surface area (Å²) in [6, 6.07) is 1.84. The van der Waals surface area contributed by atoms with Crippen LogP contribution in [0.3, 0.4) is 0 Å². The number of hydrogen-bond donors (Lipinski definition) is 2. The molecule has 0 radical (unpaired) electrons. The fourth-order valence-electron chi connectivity index (χ4n) is 2.15. The molecule has 1 amide bonds. The Hall–Kier alpha value is -1.36. The molecule has 0 aromatic carbocycles. The summed E-state index contributed by atoms with van der Waals surface area (Å²) in [4.78, 5) is 25.4. The maximum absolute atomic E-state index is 12.1. The highest BCUT2D eigenvalue weighted by molar-refractivity contribution is 7.12. The maximum Gasteiger partial charge on any atom is 0.308 e. The zero-order valence-corrected chi connectivity index (χ0v) is 13.6. The van der Waals surface area contributed by atoms with Gasteiger partial charge in [-0.05, 0) is 31.7 Å². The smallest absolute Gasteiger partial charge is 0.308 e. The largest absolute Gasteiger partial charge is 0.481 e. The maximum atomic E-state index is 12.1. The monoisotopic (exact) mass is 297 g/mol. The van der Waals surface area contributed by atoms with Crippen molar-refractivity contribution in [1.82, 2.24) is 5.32 Å². The van der Waals surface area contributed by atoms with Crippen molar-refractivity contribution in [1.29, 1.82) is 0 Å². The molecule has 1 heterocycles. The van der Waals surface area contributed by atoms with Crippen LogP contribution >= 0.6 is 11.3 Å².